The highest BCUT2D eigenvalue weighted by Crippen LogP contribution is 2.44. The van der Waals surface area contributed by atoms with E-state index in [1.54, 1.807) is 0 Å². The van der Waals surface area contributed by atoms with Crippen LogP contribution in [0.2, 0.25) is 0 Å². The van der Waals surface area contributed by atoms with Gasteiger partial charge in [0.05, 0.1) is 0 Å². The van der Waals surface area contributed by atoms with Crippen molar-refractivity contribution in [2.45, 2.75) is 77.6 Å². The van der Waals surface area contributed by atoms with Gasteiger partial charge in [0, 0.05) is 0 Å². The Kier molecular flexibility index (Phi) is 6.83. The molecule has 1 saturated heterocycles. The topological polar surface area (TPSA) is 29.3 Å². The lowest BCUT2D eigenvalue weighted by Crippen LogP contribution is -2.41. The molecule has 118 valence electrons. The first-order chi connectivity index (χ1) is 9.78. The molecule has 1 aliphatic heterocycles. The Bertz CT molecular complexity index is 248. The van der Waals surface area contributed by atoms with Crippen LogP contribution in [0.1, 0.15) is 77.6 Å². The molecule has 0 aromatic heterocycles. The predicted octanol–water partition coefficient (Wildman–Crippen LogP) is 4.19. The second-order valence-corrected chi connectivity index (χ2v) is 7.40. The molecule has 20 heavy (non-hydrogen) atoms. The minimum Gasteiger partial charge on any atom is -0.330 e. The van der Waals surface area contributed by atoms with E-state index in [4.69, 9.17) is 5.73 Å². The molecule has 1 unspecified atom stereocenters. The van der Waals surface area contributed by atoms with Gasteiger partial charge in [-0.25, -0.2) is 0 Å². The van der Waals surface area contributed by atoms with Crippen LogP contribution >= 0.6 is 0 Å². The third-order valence-electron chi connectivity index (χ3n) is 6.07. The number of nitrogens with two attached hydrogens (primary N) is 1. The summed E-state index contributed by atoms with van der Waals surface area (Å²) < 4.78 is 0. The second-order valence-electron chi connectivity index (χ2n) is 7.40. The van der Waals surface area contributed by atoms with E-state index >= 15 is 0 Å². The molecule has 2 aliphatic rings. The molecule has 0 aromatic rings. The van der Waals surface area contributed by atoms with Gasteiger partial charge in [0.2, 0.25) is 0 Å². The molecule has 2 nitrogen and oxygen atoms in total. The van der Waals surface area contributed by atoms with Crippen molar-refractivity contribution in [3.05, 3.63) is 0 Å². The fourth-order valence-corrected chi connectivity index (χ4v) is 4.44. The highest BCUT2D eigenvalue weighted by molar-refractivity contribution is 4.88. The number of hydrogen-bond donors (Lipinski definition) is 1. The van der Waals surface area contributed by atoms with Crippen molar-refractivity contribution in [1.82, 2.24) is 4.90 Å². The Morgan fingerprint density at radius 1 is 1.00 bits per heavy atom. The zero-order valence-electron chi connectivity index (χ0n) is 13.7. The summed E-state index contributed by atoms with van der Waals surface area (Å²) in [5, 5.41) is 0. The Labute approximate surface area is 126 Å². The molecule has 0 bridgehead atoms. The average Bonchev–Trinajstić information content (AvgIpc) is 2.49. The Morgan fingerprint density at radius 3 is 2.30 bits per heavy atom. The van der Waals surface area contributed by atoms with Gasteiger partial charge in [0.15, 0.2) is 0 Å². The monoisotopic (exact) mass is 280 g/mol. The molecule has 1 spiro atoms. The largest absolute Gasteiger partial charge is 0.330 e. The van der Waals surface area contributed by atoms with Gasteiger partial charge in [0.1, 0.15) is 0 Å². The zero-order chi connectivity index (χ0) is 14.3. The Balaban J connectivity index is 1.62. The van der Waals surface area contributed by atoms with Crippen molar-refractivity contribution in [3.63, 3.8) is 0 Å². The third-order valence-corrected chi connectivity index (χ3v) is 6.07. The Morgan fingerprint density at radius 2 is 1.70 bits per heavy atom. The molecular weight excluding hydrogens is 244 g/mol. The van der Waals surface area contributed by atoms with Crippen LogP contribution in [0.15, 0.2) is 0 Å². The molecule has 2 heteroatoms. The van der Waals surface area contributed by atoms with Crippen molar-refractivity contribution in [2.75, 3.05) is 26.2 Å². The van der Waals surface area contributed by atoms with Gasteiger partial charge >= 0.3 is 0 Å². The first-order valence-corrected chi connectivity index (χ1v) is 9.20. The van der Waals surface area contributed by atoms with Crippen LogP contribution in [0, 0.1) is 11.3 Å². The summed E-state index contributed by atoms with van der Waals surface area (Å²) in [6.07, 6.45) is 15.8. The van der Waals surface area contributed by atoms with Gasteiger partial charge in [-0.15, -0.1) is 0 Å². The van der Waals surface area contributed by atoms with E-state index in [0.717, 1.165) is 17.9 Å². The van der Waals surface area contributed by atoms with Gasteiger partial charge in [-0.3, -0.25) is 0 Å². The highest BCUT2D eigenvalue weighted by Gasteiger charge is 2.35. The van der Waals surface area contributed by atoms with Crippen LogP contribution in [0.25, 0.3) is 0 Å². The van der Waals surface area contributed by atoms with Crippen molar-refractivity contribution >= 4 is 0 Å². The summed E-state index contributed by atoms with van der Waals surface area (Å²) in [7, 11) is 0. The maximum atomic E-state index is 5.69. The maximum Gasteiger partial charge on any atom is -0.00134 e. The summed E-state index contributed by atoms with van der Waals surface area (Å²) in [6.45, 7) is 7.25. The molecule has 0 amide bonds. The maximum absolute atomic E-state index is 5.69. The summed E-state index contributed by atoms with van der Waals surface area (Å²) in [6, 6.07) is 0. The Hall–Kier alpha value is -0.0800. The van der Waals surface area contributed by atoms with Crippen LogP contribution < -0.4 is 5.73 Å². The number of rotatable bonds is 7. The minimum atomic E-state index is 0.764. The lowest BCUT2D eigenvalue weighted by molar-refractivity contribution is 0.0663. The number of nitrogens with zero attached hydrogens (tertiary/aromatic N) is 1. The number of hydrogen-bond acceptors (Lipinski definition) is 2. The number of likely N-dealkylation sites (tertiary alicyclic amines) is 1. The van der Waals surface area contributed by atoms with Crippen LogP contribution in [0.3, 0.4) is 0 Å². The van der Waals surface area contributed by atoms with Crippen molar-refractivity contribution < 1.29 is 0 Å². The molecule has 1 aliphatic carbocycles. The van der Waals surface area contributed by atoms with Gasteiger partial charge in [0.25, 0.3) is 0 Å². The fourth-order valence-electron chi connectivity index (χ4n) is 4.44. The summed E-state index contributed by atoms with van der Waals surface area (Å²) >= 11 is 0. The molecule has 1 heterocycles. The zero-order valence-corrected chi connectivity index (χ0v) is 13.7. The van der Waals surface area contributed by atoms with E-state index in [-0.39, 0.29) is 0 Å². The molecule has 2 N–H and O–H groups in total. The normalized spacial score (nSPS) is 24.9. The quantitative estimate of drug-likeness (QED) is 0.757. The van der Waals surface area contributed by atoms with Gasteiger partial charge in [-0.05, 0) is 82.5 Å². The molecule has 2 rings (SSSR count). The molecule has 0 aromatic carbocycles. The molecule has 0 radical (unpaired) electrons. The van der Waals surface area contributed by atoms with E-state index in [0.29, 0.717) is 0 Å². The molecule has 2 fully saturated rings. The molecular formula is C18H36N2. The summed E-state index contributed by atoms with van der Waals surface area (Å²) in [5.41, 5.74) is 6.45. The van der Waals surface area contributed by atoms with E-state index in [9.17, 15) is 0 Å². The van der Waals surface area contributed by atoms with Crippen LogP contribution in [-0.4, -0.2) is 31.1 Å². The molecule has 1 saturated carbocycles. The summed E-state index contributed by atoms with van der Waals surface area (Å²) in [5.74, 6) is 0.870. The van der Waals surface area contributed by atoms with Crippen LogP contribution in [0.5, 0.6) is 0 Å². The van der Waals surface area contributed by atoms with Crippen LogP contribution in [0.4, 0.5) is 0 Å². The first-order valence-electron chi connectivity index (χ1n) is 9.20. The summed E-state index contributed by atoms with van der Waals surface area (Å²) in [4.78, 5) is 2.73. The van der Waals surface area contributed by atoms with E-state index in [1.165, 1.54) is 90.3 Å². The lowest BCUT2D eigenvalue weighted by Gasteiger charge is -2.44. The predicted molar refractivity (Wildman–Crippen MR) is 87.9 cm³/mol. The van der Waals surface area contributed by atoms with Gasteiger partial charge < -0.3 is 10.6 Å². The standard InChI is InChI=1S/C18H36N2/c1-2-17(8-13-19)7-6-14-20-15-11-18(12-16-20)9-4-3-5-10-18/h17H,2-16,19H2,1H3. The number of piperidine rings is 1. The van der Waals surface area contributed by atoms with E-state index in [2.05, 4.69) is 11.8 Å². The van der Waals surface area contributed by atoms with Gasteiger partial charge in [-0.1, -0.05) is 32.6 Å². The lowest BCUT2D eigenvalue weighted by atomic mass is 9.68. The fraction of sp³-hybridized carbons (Fsp3) is 1.00. The average molecular weight is 280 g/mol. The minimum absolute atomic E-state index is 0.764. The van der Waals surface area contributed by atoms with Crippen molar-refractivity contribution in [3.8, 4) is 0 Å². The third kappa shape index (κ3) is 4.73. The van der Waals surface area contributed by atoms with E-state index in [1.807, 2.05) is 0 Å². The van der Waals surface area contributed by atoms with Crippen molar-refractivity contribution in [2.24, 2.45) is 17.1 Å². The smallest absolute Gasteiger partial charge is 0.00134 e. The second kappa shape index (κ2) is 8.38. The SMILES string of the molecule is CCC(CCN)CCCN1CCC2(CCCCC2)CC1. The van der Waals surface area contributed by atoms with Crippen molar-refractivity contribution in [1.29, 1.82) is 0 Å². The highest BCUT2D eigenvalue weighted by atomic mass is 15.1. The first kappa shape index (κ1) is 16.3. The van der Waals surface area contributed by atoms with Crippen LogP contribution in [-0.2, 0) is 0 Å². The molecule has 1 atom stereocenters. The van der Waals surface area contributed by atoms with E-state index < -0.39 is 0 Å². The van der Waals surface area contributed by atoms with Gasteiger partial charge in [-0.2, -0.15) is 0 Å².